The van der Waals surface area contributed by atoms with Crippen molar-refractivity contribution in [3.8, 4) is 17.1 Å². The first-order valence-corrected chi connectivity index (χ1v) is 8.90. The van der Waals surface area contributed by atoms with Gasteiger partial charge in [-0.05, 0) is 48.9 Å². The van der Waals surface area contributed by atoms with Gasteiger partial charge in [0.2, 0.25) is 5.69 Å². The summed E-state index contributed by atoms with van der Waals surface area (Å²) in [5.41, 5.74) is 7.49. The van der Waals surface area contributed by atoms with Crippen LogP contribution in [0.5, 0.6) is 5.75 Å². The predicted molar refractivity (Wildman–Crippen MR) is 105 cm³/mol. The van der Waals surface area contributed by atoms with Crippen LogP contribution in [0, 0.1) is 6.92 Å². The Kier molecular flexibility index (Phi) is 3.44. The first kappa shape index (κ1) is 15.6. The summed E-state index contributed by atoms with van der Waals surface area (Å²) >= 11 is 0. The topological polar surface area (TPSA) is 41.9 Å². The molecule has 0 amide bonds. The average Bonchev–Trinajstić information content (AvgIpc) is 3.21. The van der Waals surface area contributed by atoms with Crippen LogP contribution >= 0.6 is 0 Å². The second kappa shape index (κ2) is 5.95. The molecule has 0 bridgehead atoms. The fourth-order valence-corrected chi connectivity index (χ4v) is 3.66. The molecule has 0 unspecified atom stereocenters. The maximum absolute atomic E-state index is 9.59. The molecule has 2 aromatic heterocycles. The molecule has 130 valence electrons. The molecule has 0 aliphatic carbocycles. The molecule has 0 saturated heterocycles. The SMILES string of the molecule is Cc1nn(-c2ccccc2)c2c1-[n+]1ccccc1/C2=C/c1ccc(O)cc1. The van der Waals surface area contributed by atoms with Gasteiger partial charge in [0, 0.05) is 12.1 Å². The molecule has 4 heteroatoms. The lowest BCUT2D eigenvalue weighted by Gasteiger charge is -2.05. The molecule has 0 fully saturated rings. The zero-order valence-electron chi connectivity index (χ0n) is 14.9. The van der Waals surface area contributed by atoms with E-state index in [-0.39, 0.29) is 5.75 Å². The predicted octanol–water partition coefficient (Wildman–Crippen LogP) is 4.07. The third-order valence-corrected chi connectivity index (χ3v) is 4.87. The van der Waals surface area contributed by atoms with Gasteiger partial charge in [-0.15, -0.1) is 0 Å². The number of pyridine rings is 1. The molecule has 0 atom stereocenters. The maximum atomic E-state index is 9.59. The van der Waals surface area contributed by atoms with Gasteiger partial charge in [0.25, 0.3) is 5.69 Å². The third kappa shape index (κ3) is 2.46. The van der Waals surface area contributed by atoms with Gasteiger partial charge in [-0.25, -0.2) is 4.68 Å². The number of fused-ring (bicyclic) bond motifs is 3. The Balaban J connectivity index is 1.80. The zero-order chi connectivity index (χ0) is 18.4. The summed E-state index contributed by atoms with van der Waals surface area (Å²) in [5.74, 6) is 0.268. The number of benzene rings is 2. The van der Waals surface area contributed by atoms with Crippen LogP contribution in [0.25, 0.3) is 23.0 Å². The number of rotatable bonds is 2. The van der Waals surface area contributed by atoms with E-state index >= 15 is 0 Å². The van der Waals surface area contributed by atoms with Crippen LogP contribution in [0.3, 0.4) is 0 Å². The van der Waals surface area contributed by atoms with E-state index in [1.165, 1.54) is 0 Å². The number of hydrogen-bond donors (Lipinski definition) is 1. The summed E-state index contributed by atoms with van der Waals surface area (Å²) < 4.78 is 4.22. The summed E-state index contributed by atoms with van der Waals surface area (Å²) in [6.45, 7) is 2.05. The quantitative estimate of drug-likeness (QED) is 0.487. The Morgan fingerprint density at radius 3 is 2.44 bits per heavy atom. The summed E-state index contributed by atoms with van der Waals surface area (Å²) in [7, 11) is 0. The largest absolute Gasteiger partial charge is 0.508 e. The second-order valence-corrected chi connectivity index (χ2v) is 6.64. The number of hydrogen-bond acceptors (Lipinski definition) is 2. The lowest BCUT2D eigenvalue weighted by molar-refractivity contribution is -0.594. The zero-order valence-corrected chi connectivity index (χ0v) is 14.9. The van der Waals surface area contributed by atoms with E-state index in [0.717, 1.165) is 39.6 Å². The molecule has 27 heavy (non-hydrogen) atoms. The van der Waals surface area contributed by atoms with E-state index in [9.17, 15) is 5.11 Å². The highest BCUT2D eigenvalue weighted by Crippen LogP contribution is 2.36. The Bertz CT molecular complexity index is 1170. The van der Waals surface area contributed by atoms with Crippen molar-refractivity contribution in [2.45, 2.75) is 6.92 Å². The second-order valence-electron chi connectivity index (χ2n) is 6.64. The molecular weight excluding hydrogens is 334 g/mol. The van der Waals surface area contributed by atoms with Crippen molar-refractivity contribution in [3.63, 3.8) is 0 Å². The molecular formula is C23H18N3O+. The van der Waals surface area contributed by atoms with Gasteiger partial charge in [-0.2, -0.15) is 9.67 Å². The van der Waals surface area contributed by atoms with Crippen LogP contribution in [0.15, 0.2) is 79.0 Å². The van der Waals surface area contributed by atoms with Gasteiger partial charge >= 0.3 is 0 Å². The van der Waals surface area contributed by atoms with E-state index in [1.54, 1.807) is 12.1 Å². The van der Waals surface area contributed by atoms with Crippen LogP contribution < -0.4 is 4.57 Å². The molecule has 1 aliphatic heterocycles. The van der Waals surface area contributed by atoms with Crippen LogP contribution in [0.4, 0.5) is 0 Å². The summed E-state index contributed by atoms with van der Waals surface area (Å²) in [4.78, 5) is 0. The van der Waals surface area contributed by atoms with Crippen molar-refractivity contribution in [2.75, 3.05) is 0 Å². The first-order valence-electron chi connectivity index (χ1n) is 8.90. The minimum atomic E-state index is 0.268. The van der Waals surface area contributed by atoms with Crippen LogP contribution in [-0.4, -0.2) is 14.9 Å². The van der Waals surface area contributed by atoms with Crippen molar-refractivity contribution < 1.29 is 9.67 Å². The molecule has 0 saturated carbocycles. The summed E-state index contributed by atoms with van der Waals surface area (Å²) in [6, 6.07) is 23.7. The Hall–Kier alpha value is -3.66. The lowest BCUT2D eigenvalue weighted by atomic mass is 10.1. The summed E-state index contributed by atoms with van der Waals surface area (Å²) in [5, 5.41) is 14.4. The lowest BCUT2D eigenvalue weighted by Crippen LogP contribution is -2.31. The molecule has 0 radical (unpaired) electrons. The van der Waals surface area contributed by atoms with E-state index in [2.05, 4.69) is 41.1 Å². The third-order valence-electron chi connectivity index (χ3n) is 4.87. The van der Waals surface area contributed by atoms with Crippen molar-refractivity contribution >= 4 is 11.6 Å². The van der Waals surface area contributed by atoms with Crippen molar-refractivity contribution in [1.29, 1.82) is 0 Å². The van der Waals surface area contributed by atoms with Crippen molar-refractivity contribution in [3.05, 3.63) is 102 Å². The molecule has 4 nitrogen and oxygen atoms in total. The van der Waals surface area contributed by atoms with Crippen molar-refractivity contribution in [2.24, 2.45) is 0 Å². The van der Waals surface area contributed by atoms with Gasteiger partial charge < -0.3 is 5.11 Å². The van der Waals surface area contributed by atoms with E-state index in [4.69, 9.17) is 5.10 Å². The Morgan fingerprint density at radius 2 is 1.67 bits per heavy atom. The maximum Gasteiger partial charge on any atom is 0.261 e. The monoisotopic (exact) mass is 352 g/mol. The van der Waals surface area contributed by atoms with Gasteiger partial charge in [0.1, 0.15) is 11.4 Å². The summed E-state index contributed by atoms with van der Waals surface area (Å²) in [6.07, 6.45) is 4.23. The number of para-hydroxylation sites is 1. The number of nitrogens with zero attached hydrogens (tertiary/aromatic N) is 3. The normalized spacial score (nSPS) is 13.6. The Labute approximate surface area is 157 Å². The molecule has 0 spiro atoms. The number of phenols is 1. The number of phenolic OH excluding ortho intramolecular Hbond substituents is 1. The van der Waals surface area contributed by atoms with Crippen molar-refractivity contribution in [1.82, 2.24) is 9.78 Å². The fraction of sp³-hybridized carbons (Fsp3) is 0.0435. The average molecular weight is 352 g/mol. The minimum Gasteiger partial charge on any atom is -0.508 e. The van der Waals surface area contributed by atoms with E-state index in [0.29, 0.717) is 0 Å². The van der Waals surface area contributed by atoms with Crippen LogP contribution in [0.1, 0.15) is 22.6 Å². The molecule has 4 aromatic rings. The fourth-order valence-electron chi connectivity index (χ4n) is 3.66. The van der Waals surface area contributed by atoms with E-state index < -0.39 is 0 Å². The molecule has 2 aromatic carbocycles. The standard InChI is InChI=1S/C23H17N3O/c1-16-22-23(26(24-16)18-7-3-2-4-8-18)20(21-9-5-6-14-25(21)22)15-17-10-12-19(27)13-11-17/h2-15H,1H3/p+1. The minimum absolute atomic E-state index is 0.268. The van der Waals surface area contributed by atoms with Gasteiger partial charge in [0.15, 0.2) is 11.9 Å². The van der Waals surface area contributed by atoms with Gasteiger partial charge in [-0.1, -0.05) is 30.3 Å². The highest BCUT2D eigenvalue weighted by molar-refractivity contribution is 5.93. The van der Waals surface area contributed by atoms with Crippen LogP contribution in [0.2, 0.25) is 0 Å². The molecule has 1 N–H and O–H groups in total. The highest BCUT2D eigenvalue weighted by Gasteiger charge is 2.38. The number of aromatic nitrogens is 3. The first-order chi connectivity index (χ1) is 13.2. The highest BCUT2D eigenvalue weighted by atomic mass is 16.3. The smallest absolute Gasteiger partial charge is 0.261 e. The molecule has 1 aliphatic rings. The number of aromatic hydroxyl groups is 1. The van der Waals surface area contributed by atoms with E-state index in [1.807, 2.05) is 48.0 Å². The molecule has 5 rings (SSSR count). The van der Waals surface area contributed by atoms with Gasteiger partial charge in [0.05, 0.1) is 11.3 Å². The van der Waals surface area contributed by atoms with Gasteiger partial charge in [-0.3, -0.25) is 0 Å². The number of aryl methyl sites for hydroxylation is 1. The van der Waals surface area contributed by atoms with Crippen LogP contribution in [-0.2, 0) is 0 Å². The Morgan fingerprint density at radius 1 is 0.926 bits per heavy atom. The molecule has 3 heterocycles.